The zero-order chi connectivity index (χ0) is 21.8. The number of pyridine rings is 1. The summed E-state index contributed by atoms with van der Waals surface area (Å²) in [4.78, 5) is 17.7. The van der Waals surface area contributed by atoms with Gasteiger partial charge >= 0.3 is 0 Å². The molecule has 1 fully saturated rings. The summed E-state index contributed by atoms with van der Waals surface area (Å²) in [6.45, 7) is 4.83. The van der Waals surface area contributed by atoms with Crippen molar-refractivity contribution in [2.45, 2.75) is 13.1 Å². The van der Waals surface area contributed by atoms with Gasteiger partial charge in [-0.05, 0) is 36.4 Å². The van der Waals surface area contributed by atoms with Crippen molar-refractivity contribution in [3.8, 4) is 28.5 Å². The normalized spacial score (nSPS) is 15.2. The second-order valence-electron chi connectivity index (χ2n) is 7.55. The second kappa shape index (κ2) is 9.25. The molecule has 0 amide bonds. The summed E-state index contributed by atoms with van der Waals surface area (Å²) in [5, 5.41) is 8.17. The number of hydrogen-bond donors (Lipinski definition) is 0. The van der Waals surface area contributed by atoms with Gasteiger partial charge in [-0.1, -0.05) is 10.3 Å². The van der Waals surface area contributed by atoms with Crippen LogP contribution in [0.4, 0.5) is 0 Å². The van der Waals surface area contributed by atoms with E-state index in [1.165, 1.54) is 0 Å². The Balaban J connectivity index is 1.12. The Kier molecular flexibility index (Phi) is 5.86. The molecular weight excluding hydrogens is 410 g/mol. The van der Waals surface area contributed by atoms with Crippen molar-refractivity contribution in [1.82, 2.24) is 35.1 Å². The molecule has 0 atom stereocenters. The number of nitrogens with zero attached hydrogens (tertiary/aromatic N) is 7. The lowest BCUT2D eigenvalue weighted by Gasteiger charge is -2.32. The van der Waals surface area contributed by atoms with Crippen LogP contribution in [0.5, 0.6) is 5.75 Å². The molecule has 10 nitrogen and oxygen atoms in total. The van der Waals surface area contributed by atoms with Gasteiger partial charge in [0.15, 0.2) is 0 Å². The molecule has 0 aliphatic carbocycles. The van der Waals surface area contributed by atoms with E-state index in [4.69, 9.17) is 13.8 Å². The first-order valence-corrected chi connectivity index (χ1v) is 10.4. The van der Waals surface area contributed by atoms with E-state index in [0.29, 0.717) is 36.5 Å². The monoisotopic (exact) mass is 433 g/mol. The lowest BCUT2D eigenvalue weighted by atomic mass is 10.2. The van der Waals surface area contributed by atoms with Crippen molar-refractivity contribution in [2.75, 3.05) is 33.3 Å². The van der Waals surface area contributed by atoms with Gasteiger partial charge in [0.2, 0.25) is 23.4 Å². The van der Waals surface area contributed by atoms with Crippen LogP contribution < -0.4 is 4.74 Å². The SMILES string of the molecule is COc1ccc(-c2noc(CN3CCN(Cc4nc(-c5cccnc5)no4)CC3)n2)cc1. The summed E-state index contributed by atoms with van der Waals surface area (Å²) in [7, 11) is 1.64. The Hall–Kier alpha value is -3.63. The van der Waals surface area contributed by atoms with E-state index in [9.17, 15) is 0 Å². The van der Waals surface area contributed by atoms with Crippen molar-refractivity contribution in [2.24, 2.45) is 0 Å². The summed E-state index contributed by atoms with van der Waals surface area (Å²) in [5.74, 6) is 3.17. The van der Waals surface area contributed by atoms with Crippen LogP contribution in [0, 0.1) is 0 Å². The highest BCUT2D eigenvalue weighted by Gasteiger charge is 2.21. The lowest BCUT2D eigenvalue weighted by Crippen LogP contribution is -2.45. The maximum atomic E-state index is 5.46. The van der Waals surface area contributed by atoms with E-state index in [-0.39, 0.29) is 0 Å². The van der Waals surface area contributed by atoms with Crippen LogP contribution in [0.2, 0.25) is 0 Å². The van der Waals surface area contributed by atoms with Crippen LogP contribution in [0.25, 0.3) is 22.8 Å². The molecule has 10 heteroatoms. The third-order valence-electron chi connectivity index (χ3n) is 5.39. The van der Waals surface area contributed by atoms with Gasteiger partial charge in [-0.3, -0.25) is 14.8 Å². The minimum atomic E-state index is 0.566. The first kappa shape index (κ1) is 20.3. The number of ether oxygens (including phenoxy) is 1. The molecule has 1 aliphatic heterocycles. The predicted octanol–water partition coefficient (Wildman–Crippen LogP) is 2.51. The van der Waals surface area contributed by atoms with E-state index in [0.717, 1.165) is 43.1 Å². The average Bonchev–Trinajstić information content (AvgIpc) is 3.51. The molecule has 0 spiro atoms. The molecule has 0 bridgehead atoms. The van der Waals surface area contributed by atoms with Crippen molar-refractivity contribution in [1.29, 1.82) is 0 Å². The number of benzene rings is 1. The molecule has 4 aromatic rings. The first-order valence-electron chi connectivity index (χ1n) is 10.4. The largest absolute Gasteiger partial charge is 0.497 e. The standard InChI is InChI=1S/C22H23N7O3/c1-30-18-6-4-16(5-7-18)21-24-19(31-26-21)14-28-9-11-29(12-10-28)15-20-25-22(27-32-20)17-3-2-8-23-13-17/h2-8,13H,9-12,14-15H2,1H3. The zero-order valence-corrected chi connectivity index (χ0v) is 17.7. The molecular formula is C22H23N7O3. The summed E-state index contributed by atoms with van der Waals surface area (Å²) in [6, 6.07) is 11.4. The number of piperazine rings is 1. The van der Waals surface area contributed by atoms with Gasteiger partial charge in [-0.25, -0.2) is 0 Å². The van der Waals surface area contributed by atoms with Crippen LogP contribution in [0.3, 0.4) is 0 Å². The maximum absolute atomic E-state index is 5.46. The maximum Gasteiger partial charge on any atom is 0.241 e. The molecule has 3 aromatic heterocycles. The number of hydrogen-bond acceptors (Lipinski definition) is 10. The van der Waals surface area contributed by atoms with Crippen LogP contribution in [-0.4, -0.2) is 68.4 Å². The smallest absolute Gasteiger partial charge is 0.241 e. The second-order valence-corrected chi connectivity index (χ2v) is 7.55. The van der Waals surface area contributed by atoms with Gasteiger partial charge in [0, 0.05) is 49.7 Å². The molecule has 0 unspecified atom stereocenters. The minimum absolute atomic E-state index is 0.566. The van der Waals surface area contributed by atoms with Gasteiger partial charge < -0.3 is 13.8 Å². The van der Waals surface area contributed by atoms with Crippen LogP contribution in [0.1, 0.15) is 11.8 Å². The van der Waals surface area contributed by atoms with Crippen molar-refractivity contribution in [3.63, 3.8) is 0 Å². The van der Waals surface area contributed by atoms with Crippen LogP contribution in [-0.2, 0) is 13.1 Å². The summed E-state index contributed by atoms with van der Waals surface area (Å²) in [6.07, 6.45) is 3.45. The Labute approximate surface area is 184 Å². The molecule has 1 saturated heterocycles. The van der Waals surface area contributed by atoms with E-state index in [1.807, 2.05) is 36.4 Å². The Morgan fingerprint density at radius 1 is 0.812 bits per heavy atom. The molecule has 4 heterocycles. The third kappa shape index (κ3) is 4.66. The Morgan fingerprint density at radius 2 is 1.41 bits per heavy atom. The molecule has 1 aliphatic rings. The Morgan fingerprint density at radius 3 is 1.94 bits per heavy atom. The van der Waals surface area contributed by atoms with E-state index in [1.54, 1.807) is 19.5 Å². The third-order valence-corrected chi connectivity index (χ3v) is 5.39. The van der Waals surface area contributed by atoms with Crippen LogP contribution in [0.15, 0.2) is 57.8 Å². The highest BCUT2D eigenvalue weighted by Crippen LogP contribution is 2.20. The van der Waals surface area contributed by atoms with Crippen molar-refractivity contribution in [3.05, 3.63) is 60.6 Å². The van der Waals surface area contributed by atoms with Gasteiger partial charge in [0.05, 0.1) is 20.2 Å². The minimum Gasteiger partial charge on any atom is -0.497 e. The first-order chi connectivity index (χ1) is 15.8. The fraction of sp³-hybridized carbons (Fsp3) is 0.318. The predicted molar refractivity (Wildman–Crippen MR) is 114 cm³/mol. The van der Waals surface area contributed by atoms with E-state index < -0.39 is 0 Å². The topological polar surface area (TPSA) is 106 Å². The highest BCUT2D eigenvalue weighted by atomic mass is 16.5. The van der Waals surface area contributed by atoms with E-state index >= 15 is 0 Å². The highest BCUT2D eigenvalue weighted by molar-refractivity contribution is 5.55. The number of methoxy groups -OCH3 is 1. The van der Waals surface area contributed by atoms with E-state index in [2.05, 4.69) is 35.1 Å². The number of rotatable bonds is 7. The van der Waals surface area contributed by atoms with Gasteiger partial charge in [-0.15, -0.1) is 0 Å². The molecule has 0 radical (unpaired) electrons. The quantitative estimate of drug-likeness (QED) is 0.431. The number of aromatic nitrogens is 5. The van der Waals surface area contributed by atoms with Gasteiger partial charge in [-0.2, -0.15) is 9.97 Å². The molecule has 5 rings (SSSR count). The van der Waals surface area contributed by atoms with Gasteiger partial charge in [0.1, 0.15) is 5.75 Å². The summed E-state index contributed by atoms with van der Waals surface area (Å²) < 4.78 is 16.1. The summed E-state index contributed by atoms with van der Waals surface area (Å²) in [5.41, 5.74) is 1.75. The Bertz CT molecular complexity index is 1140. The molecule has 0 saturated carbocycles. The molecule has 0 N–H and O–H groups in total. The lowest BCUT2D eigenvalue weighted by molar-refractivity contribution is 0.103. The molecule has 32 heavy (non-hydrogen) atoms. The van der Waals surface area contributed by atoms with Gasteiger partial charge in [0.25, 0.3) is 0 Å². The van der Waals surface area contributed by atoms with Crippen LogP contribution >= 0.6 is 0 Å². The van der Waals surface area contributed by atoms with Crippen molar-refractivity contribution >= 4 is 0 Å². The zero-order valence-electron chi connectivity index (χ0n) is 17.7. The average molecular weight is 433 g/mol. The summed E-state index contributed by atoms with van der Waals surface area (Å²) >= 11 is 0. The molecule has 164 valence electrons. The molecule has 1 aromatic carbocycles. The fourth-order valence-electron chi connectivity index (χ4n) is 3.60. The van der Waals surface area contributed by atoms with Crippen molar-refractivity contribution < 1.29 is 13.8 Å². The fourth-order valence-corrected chi connectivity index (χ4v) is 3.60.